The van der Waals surface area contributed by atoms with Crippen molar-refractivity contribution in [1.82, 2.24) is 5.32 Å². The molecule has 0 saturated carbocycles. The maximum Gasteiger partial charge on any atom is 0.261 e. The van der Waals surface area contributed by atoms with Crippen molar-refractivity contribution in [3.63, 3.8) is 0 Å². The zero-order chi connectivity index (χ0) is 18.6. The van der Waals surface area contributed by atoms with E-state index in [0.717, 1.165) is 17.5 Å². The lowest BCUT2D eigenvalue weighted by atomic mass is 10.1. The predicted octanol–water partition coefficient (Wildman–Crippen LogP) is 3.50. The molecule has 0 unspecified atom stereocenters. The van der Waals surface area contributed by atoms with Gasteiger partial charge < -0.3 is 5.32 Å². The van der Waals surface area contributed by atoms with Crippen LogP contribution >= 0.6 is 0 Å². The minimum atomic E-state index is -3.76. The molecule has 0 atom stereocenters. The molecule has 2 aromatic carbocycles. The predicted molar refractivity (Wildman–Crippen MR) is 100 cm³/mol. The minimum absolute atomic E-state index is 0.0256. The Morgan fingerprint density at radius 2 is 1.72 bits per heavy atom. The molecule has 0 fully saturated rings. The van der Waals surface area contributed by atoms with E-state index in [1.807, 2.05) is 32.9 Å². The molecule has 2 N–H and O–H groups in total. The second kappa shape index (κ2) is 7.70. The third kappa shape index (κ3) is 4.82. The average Bonchev–Trinajstić information content (AvgIpc) is 2.54. The summed E-state index contributed by atoms with van der Waals surface area (Å²) in [7, 11) is -3.76. The van der Waals surface area contributed by atoms with Gasteiger partial charge in [-0.3, -0.25) is 9.52 Å². The molecule has 0 saturated heterocycles. The molecule has 0 spiro atoms. The van der Waals surface area contributed by atoms with E-state index in [9.17, 15) is 13.2 Å². The van der Waals surface area contributed by atoms with E-state index in [1.54, 1.807) is 25.1 Å². The maximum absolute atomic E-state index is 12.6. The summed E-state index contributed by atoms with van der Waals surface area (Å²) in [5, 5.41) is 2.79. The molecular weight excluding hydrogens is 336 g/mol. The Labute approximate surface area is 149 Å². The van der Waals surface area contributed by atoms with E-state index in [1.165, 1.54) is 12.1 Å². The van der Waals surface area contributed by atoms with Gasteiger partial charge in [0, 0.05) is 17.3 Å². The van der Waals surface area contributed by atoms with Crippen molar-refractivity contribution in [3.8, 4) is 0 Å². The van der Waals surface area contributed by atoms with Gasteiger partial charge in [0.25, 0.3) is 15.9 Å². The molecule has 0 aliphatic rings. The van der Waals surface area contributed by atoms with Crippen LogP contribution in [0.2, 0.25) is 0 Å². The van der Waals surface area contributed by atoms with E-state index in [4.69, 9.17) is 0 Å². The number of carbonyl (C=O) groups excluding carboxylic acids is 1. The SMILES string of the molecule is CCc1ccc(NS(=O)(=O)c2ccc(C)c(C(=O)NC(C)C)c2)cc1. The number of amides is 1. The molecule has 0 heterocycles. The highest BCUT2D eigenvalue weighted by Crippen LogP contribution is 2.20. The van der Waals surface area contributed by atoms with Gasteiger partial charge in [-0.05, 0) is 62.6 Å². The molecule has 0 bridgehead atoms. The normalized spacial score (nSPS) is 11.4. The van der Waals surface area contributed by atoms with Crippen molar-refractivity contribution < 1.29 is 13.2 Å². The first kappa shape index (κ1) is 19.0. The first-order valence-electron chi connectivity index (χ1n) is 8.26. The van der Waals surface area contributed by atoms with E-state index < -0.39 is 10.0 Å². The lowest BCUT2D eigenvalue weighted by Crippen LogP contribution is -2.30. The number of hydrogen-bond donors (Lipinski definition) is 2. The monoisotopic (exact) mass is 360 g/mol. The molecule has 0 aliphatic heterocycles. The largest absolute Gasteiger partial charge is 0.350 e. The van der Waals surface area contributed by atoms with Crippen LogP contribution in [0.4, 0.5) is 5.69 Å². The first-order valence-corrected chi connectivity index (χ1v) is 9.74. The molecule has 5 nitrogen and oxygen atoms in total. The number of carbonyl (C=O) groups is 1. The van der Waals surface area contributed by atoms with E-state index >= 15 is 0 Å². The van der Waals surface area contributed by atoms with Crippen molar-refractivity contribution >= 4 is 21.6 Å². The van der Waals surface area contributed by atoms with E-state index in [-0.39, 0.29) is 16.8 Å². The van der Waals surface area contributed by atoms with E-state index in [0.29, 0.717) is 11.3 Å². The van der Waals surface area contributed by atoms with Gasteiger partial charge in [0.05, 0.1) is 4.90 Å². The molecule has 2 aromatic rings. The molecule has 6 heteroatoms. The zero-order valence-corrected chi connectivity index (χ0v) is 15.8. The summed E-state index contributed by atoms with van der Waals surface area (Å²) in [6.45, 7) is 7.53. The molecule has 0 aromatic heterocycles. The number of hydrogen-bond acceptors (Lipinski definition) is 3. The van der Waals surface area contributed by atoms with Gasteiger partial charge in [-0.1, -0.05) is 25.1 Å². The lowest BCUT2D eigenvalue weighted by molar-refractivity contribution is 0.0942. The van der Waals surface area contributed by atoms with E-state index in [2.05, 4.69) is 10.0 Å². The molecule has 2 rings (SSSR count). The van der Waals surface area contributed by atoms with Gasteiger partial charge in [0.15, 0.2) is 0 Å². The summed E-state index contributed by atoms with van der Waals surface area (Å²) in [6, 6.07) is 11.8. The number of anilines is 1. The summed E-state index contributed by atoms with van der Waals surface area (Å²) in [6.07, 6.45) is 0.888. The lowest BCUT2D eigenvalue weighted by Gasteiger charge is -2.13. The Morgan fingerprint density at radius 3 is 2.28 bits per heavy atom. The Hall–Kier alpha value is -2.34. The number of nitrogens with one attached hydrogen (secondary N) is 2. The van der Waals surface area contributed by atoms with Crippen LogP contribution in [0.1, 0.15) is 42.3 Å². The fourth-order valence-electron chi connectivity index (χ4n) is 2.38. The Bertz CT molecular complexity index is 857. The van der Waals surface area contributed by atoms with Crippen LogP contribution in [0.15, 0.2) is 47.4 Å². The number of sulfonamides is 1. The minimum Gasteiger partial charge on any atom is -0.350 e. The van der Waals surface area contributed by atoms with Gasteiger partial charge in [-0.2, -0.15) is 0 Å². The van der Waals surface area contributed by atoms with Gasteiger partial charge in [0.2, 0.25) is 0 Å². The molecule has 1 amide bonds. The third-order valence-electron chi connectivity index (χ3n) is 3.80. The smallest absolute Gasteiger partial charge is 0.261 e. The zero-order valence-electron chi connectivity index (χ0n) is 15.0. The van der Waals surface area contributed by atoms with Crippen molar-refractivity contribution in [2.75, 3.05) is 4.72 Å². The number of benzene rings is 2. The fraction of sp³-hybridized carbons (Fsp3) is 0.316. The van der Waals surface area contributed by atoms with Crippen LogP contribution in [0.5, 0.6) is 0 Å². The van der Waals surface area contributed by atoms with Crippen molar-refractivity contribution in [1.29, 1.82) is 0 Å². The summed E-state index contributed by atoms with van der Waals surface area (Å²) >= 11 is 0. The second-order valence-electron chi connectivity index (χ2n) is 6.26. The Morgan fingerprint density at radius 1 is 1.08 bits per heavy atom. The van der Waals surface area contributed by atoms with Crippen molar-refractivity contribution in [2.24, 2.45) is 0 Å². The van der Waals surface area contributed by atoms with Crippen LogP contribution in [-0.2, 0) is 16.4 Å². The van der Waals surface area contributed by atoms with Crippen molar-refractivity contribution in [3.05, 3.63) is 59.2 Å². The summed E-state index contributed by atoms with van der Waals surface area (Å²) in [5.74, 6) is -0.281. The van der Waals surface area contributed by atoms with Crippen LogP contribution < -0.4 is 10.0 Å². The summed E-state index contributed by atoms with van der Waals surface area (Å²) in [5.41, 5.74) is 2.71. The van der Waals surface area contributed by atoms with Crippen molar-refractivity contribution in [2.45, 2.75) is 45.1 Å². The maximum atomic E-state index is 12.6. The second-order valence-corrected chi connectivity index (χ2v) is 7.94. The standard InChI is InChI=1S/C19H24N2O3S/c1-5-15-7-9-16(10-8-15)21-25(23,24)17-11-6-14(4)18(12-17)19(22)20-13(2)3/h6-13,21H,5H2,1-4H3,(H,20,22). The average molecular weight is 360 g/mol. The Kier molecular flexibility index (Phi) is 5.85. The molecular formula is C19H24N2O3S. The first-order chi connectivity index (χ1) is 11.7. The van der Waals surface area contributed by atoms with Gasteiger partial charge in [-0.15, -0.1) is 0 Å². The quantitative estimate of drug-likeness (QED) is 0.828. The van der Waals surface area contributed by atoms with Gasteiger partial charge in [-0.25, -0.2) is 8.42 Å². The number of rotatable bonds is 6. The Balaban J connectivity index is 2.30. The fourth-order valence-corrected chi connectivity index (χ4v) is 3.46. The molecule has 134 valence electrons. The van der Waals surface area contributed by atoms with Gasteiger partial charge in [0.1, 0.15) is 0 Å². The molecule has 0 radical (unpaired) electrons. The highest BCUT2D eigenvalue weighted by molar-refractivity contribution is 7.92. The third-order valence-corrected chi connectivity index (χ3v) is 5.18. The van der Waals surface area contributed by atoms with Crippen LogP contribution in [-0.4, -0.2) is 20.4 Å². The highest BCUT2D eigenvalue weighted by Gasteiger charge is 2.18. The summed E-state index contributed by atoms with van der Waals surface area (Å²) < 4.78 is 27.8. The van der Waals surface area contributed by atoms with Gasteiger partial charge >= 0.3 is 0 Å². The number of aryl methyl sites for hydroxylation is 2. The van der Waals surface area contributed by atoms with Crippen LogP contribution in [0, 0.1) is 6.92 Å². The van der Waals surface area contributed by atoms with Crippen LogP contribution in [0.3, 0.4) is 0 Å². The molecule has 0 aliphatic carbocycles. The van der Waals surface area contributed by atoms with Crippen LogP contribution in [0.25, 0.3) is 0 Å². The summed E-state index contributed by atoms with van der Waals surface area (Å²) in [4.78, 5) is 12.3. The highest BCUT2D eigenvalue weighted by atomic mass is 32.2. The topological polar surface area (TPSA) is 75.3 Å². The molecule has 25 heavy (non-hydrogen) atoms.